The van der Waals surface area contributed by atoms with Gasteiger partial charge in [-0.15, -0.1) is 0 Å². The van der Waals surface area contributed by atoms with E-state index in [4.69, 9.17) is 4.74 Å². The third-order valence-corrected chi connectivity index (χ3v) is 5.44. The Bertz CT molecular complexity index is 1030. The summed E-state index contributed by atoms with van der Waals surface area (Å²) in [4.78, 5) is 10.3. The van der Waals surface area contributed by atoms with Crippen molar-refractivity contribution in [2.45, 2.75) is 11.4 Å². The van der Waals surface area contributed by atoms with Crippen LogP contribution < -0.4 is 4.74 Å². The topological polar surface area (TPSA) is 39.9 Å². The molecule has 1 aliphatic carbocycles. The summed E-state index contributed by atoms with van der Waals surface area (Å²) < 4.78 is 7.37. The van der Waals surface area contributed by atoms with Crippen LogP contribution in [0.4, 0.5) is 0 Å². The SMILES string of the molecule is COc1ccc(-c2cc3c(SC4=CC=CC=CC4)ncnc3n2C)cc1. The van der Waals surface area contributed by atoms with Crippen molar-refractivity contribution in [1.29, 1.82) is 0 Å². The highest BCUT2D eigenvalue weighted by molar-refractivity contribution is 8.03. The molecule has 0 saturated carbocycles. The lowest BCUT2D eigenvalue weighted by atomic mass is 10.1. The first-order valence-corrected chi connectivity index (χ1v) is 9.23. The summed E-state index contributed by atoms with van der Waals surface area (Å²) >= 11 is 1.70. The minimum atomic E-state index is 0.852. The van der Waals surface area contributed by atoms with E-state index in [1.807, 2.05) is 25.3 Å². The lowest BCUT2D eigenvalue weighted by Crippen LogP contribution is -1.94. The minimum absolute atomic E-state index is 0.852. The summed E-state index contributed by atoms with van der Waals surface area (Å²) in [6.45, 7) is 0. The number of rotatable bonds is 4. The van der Waals surface area contributed by atoms with Crippen LogP contribution in [-0.2, 0) is 7.05 Å². The van der Waals surface area contributed by atoms with Gasteiger partial charge in [-0.2, -0.15) is 0 Å². The van der Waals surface area contributed by atoms with E-state index in [1.54, 1.807) is 25.2 Å². The van der Waals surface area contributed by atoms with Crippen molar-refractivity contribution >= 4 is 22.8 Å². The molecule has 0 spiro atoms. The summed E-state index contributed by atoms with van der Waals surface area (Å²) in [7, 11) is 3.72. The first-order chi connectivity index (χ1) is 12.8. The summed E-state index contributed by atoms with van der Waals surface area (Å²) in [5, 5.41) is 2.06. The fourth-order valence-corrected chi connectivity index (χ4v) is 3.92. The van der Waals surface area contributed by atoms with Gasteiger partial charge in [-0.1, -0.05) is 42.1 Å². The molecule has 2 heterocycles. The molecule has 1 aliphatic rings. The van der Waals surface area contributed by atoms with Crippen LogP contribution in [0.25, 0.3) is 22.3 Å². The Balaban J connectivity index is 1.75. The number of allylic oxidation sites excluding steroid dienone is 6. The van der Waals surface area contributed by atoms with E-state index in [-0.39, 0.29) is 0 Å². The predicted molar refractivity (Wildman–Crippen MR) is 107 cm³/mol. The average Bonchev–Trinajstić information content (AvgIpc) is 2.84. The molecule has 0 atom stereocenters. The Labute approximate surface area is 156 Å². The van der Waals surface area contributed by atoms with Gasteiger partial charge in [0.25, 0.3) is 0 Å². The van der Waals surface area contributed by atoms with E-state index in [0.717, 1.165) is 39.5 Å². The normalized spacial score (nSPS) is 13.7. The Kier molecular flexibility index (Phi) is 4.63. The molecule has 0 aliphatic heterocycles. The van der Waals surface area contributed by atoms with E-state index in [2.05, 4.69) is 57.0 Å². The number of aromatic nitrogens is 3. The molecule has 0 N–H and O–H groups in total. The van der Waals surface area contributed by atoms with Crippen molar-refractivity contribution in [3.63, 3.8) is 0 Å². The standard InChI is InChI=1S/C21H19N3OS/c1-24-19(15-9-11-16(25-2)12-10-15)13-18-20(24)22-14-23-21(18)26-17-7-5-3-4-6-8-17/h3-7,9-14H,8H2,1-2H3. The molecule has 130 valence electrons. The van der Waals surface area contributed by atoms with Gasteiger partial charge in [0, 0.05) is 7.05 Å². The lowest BCUT2D eigenvalue weighted by molar-refractivity contribution is 0.415. The molecule has 0 amide bonds. The number of methoxy groups -OCH3 is 1. The third kappa shape index (κ3) is 3.18. The van der Waals surface area contributed by atoms with E-state index in [1.165, 1.54) is 4.91 Å². The van der Waals surface area contributed by atoms with Crippen molar-refractivity contribution in [3.8, 4) is 17.0 Å². The van der Waals surface area contributed by atoms with Crippen molar-refractivity contribution < 1.29 is 4.74 Å². The van der Waals surface area contributed by atoms with E-state index < -0.39 is 0 Å². The van der Waals surface area contributed by atoms with Crippen LogP contribution in [-0.4, -0.2) is 21.6 Å². The molecule has 4 nitrogen and oxygen atoms in total. The number of hydrogen-bond acceptors (Lipinski definition) is 4. The molecule has 3 aromatic rings. The van der Waals surface area contributed by atoms with Crippen LogP contribution >= 0.6 is 11.8 Å². The number of aryl methyl sites for hydroxylation is 1. The van der Waals surface area contributed by atoms with Crippen molar-refractivity contribution in [1.82, 2.24) is 14.5 Å². The zero-order valence-corrected chi connectivity index (χ0v) is 15.5. The lowest BCUT2D eigenvalue weighted by Gasteiger charge is -2.05. The zero-order valence-electron chi connectivity index (χ0n) is 14.7. The van der Waals surface area contributed by atoms with Crippen LogP contribution in [0.2, 0.25) is 0 Å². The molecule has 0 bridgehead atoms. The van der Waals surface area contributed by atoms with Gasteiger partial charge in [-0.05, 0) is 47.2 Å². The van der Waals surface area contributed by atoms with Gasteiger partial charge in [0.2, 0.25) is 0 Å². The van der Waals surface area contributed by atoms with Crippen molar-refractivity contribution in [2.75, 3.05) is 7.11 Å². The average molecular weight is 361 g/mol. The largest absolute Gasteiger partial charge is 0.497 e. The monoisotopic (exact) mass is 361 g/mol. The fourth-order valence-electron chi connectivity index (χ4n) is 2.99. The summed E-state index contributed by atoms with van der Waals surface area (Å²) in [6.07, 6.45) is 13.1. The van der Waals surface area contributed by atoms with Gasteiger partial charge < -0.3 is 9.30 Å². The number of ether oxygens (including phenoxy) is 1. The second-order valence-corrected chi connectivity index (χ2v) is 7.10. The molecule has 0 fully saturated rings. The number of benzene rings is 1. The second kappa shape index (κ2) is 7.22. The minimum Gasteiger partial charge on any atom is -0.497 e. The Hall–Kier alpha value is -2.79. The molecule has 5 heteroatoms. The smallest absolute Gasteiger partial charge is 0.144 e. The quantitative estimate of drug-likeness (QED) is 0.604. The van der Waals surface area contributed by atoms with Gasteiger partial charge in [0.15, 0.2) is 0 Å². The molecule has 4 rings (SSSR count). The van der Waals surface area contributed by atoms with Gasteiger partial charge in [0.1, 0.15) is 22.7 Å². The first-order valence-electron chi connectivity index (χ1n) is 8.41. The maximum absolute atomic E-state index is 5.26. The molecular formula is C21H19N3OS. The fraction of sp³-hybridized carbons (Fsp3) is 0.143. The molecule has 0 saturated heterocycles. The van der Waals surface area contributed by atoms with Crippen LogP contribution in [0.15, 0.2) is 77.0 Å². The van der Waals surface area contributed by atoms with E-state index in [9.17, 15) is 0 Å². The molecular weight excluding hydrogens is 342 g/mol. The highest BCUT2D eigenvalue weighted by Gasteiger charge is 2.14. The van der Waals surface area contributed by atoms with Crippen molar-refractivity contribution in [3.05, 3.63) is 71.9 Å². The summed E-state index contributed by atoms with van der Waals surface area (Å²) in [6, 6.07) is 10.3. The number of hydrogen-bond donors (Lipinski definition) is 0. The van der Waals surface area contributed by atoms with Gasteiger partial charge in [0.05, 0.1) is 18.2 Å². The summed E-state index contributed by atoms with van der Waals surface area (Å²) in [5.41, 5.74) is 3.18. The maximum atomic E-state index is 5.26. The highest BCUT2D eigenvalue weighted by atomic mass is 32.2. The number of nitrogens with zero attached hydrogens (tertiary/aromatic N) is 3. The first kappa shape index (κ1) is 16.7. The van der Waals surface area contributed by atoms with Crippen molar-refractivity contribution in [2.24, 2.45) is 7.05 Å². The predicted octanol–water partition coefficient (Wildman–Crippen LogP) is 5.14. The number of fused-ring (bicyclic) bond motifs is 1. The van der Waals surface area contributed by atoms with Crippen LogP contribution in [0.5, 0.6) is 5.75 Å². The Morgan fingerprint density at radius 3 is 2.73 bits per heavy atom. The van der Waals surface area contributed by atoms with Crippen LogP contribution in [0, 0.1) is 0 Å². The molecule has 0 unspecified atom stereocenters. The zero-order chi connectivity index (χ0) is 17.9. The third-order valence-electron chi connectivity index (χ3n) is 4.36. The van der Waals surface area contributed by atoms with Gasteiger partial charge in [-0.25, -0.2) is 9.97 Å². The molecule has 2 aromatic heterocycles. The molecule has 0 radical (unpaired) electrons. The van der Waals surface area contributed by atoms with Crippen LogP contribution in [0.3, 0.4) is 0 Å². The molecule has 1 aromatic carbocycles. The summed E-state index contributed by atoms with van der Waals surface area (Å²) in [5.74, 6) is 0.852. The Morgan fingerprint density at radius 2 is 1.92 bits per heavy atom. The van der Waals surface area contributed by atoms with Crippen LogP contribution in [0.1, 0.15) is 6.42 Å². The molecule has 26 heavy (non-hydrogen) atoms. The maximum Gasteiger partial charge on any atom is 0.144 e. The van der Waals surface area contributed by atoms with Gasteiger partial charge >= 0.3 is 0 Å². The van der Waals surface area contributed by atoms with E-state index >= 15 is 0 Å². The Morgan fingerprint density at radius 1 is 1.08 bits per heavy atom. The second-order valence-electron chi connectivity index (χ2n) is 5.99. The highest BCUT2D eigenvalue weighted by Crippen LogP contribution is 2.36. The number of thioether (sulfide) groups is 1. The van der Waals surface area contributed by atoms with Gasteiger partial charge in [-0.3, -0.25) is 0 Å². The van der Waals surface area contributed by atoms with E-state index in [0.29, 0.717) is 0 Å².